The minimum Gasteiger partial charge on any atom is -0.337 e. The lowest BCUT2D eigenvalue weighted by Gasteiger charge is -2.27. The first-order valence-corrected chi connectivity index (χ1v) is 6.37. The van der Waals surface area contributed by atoms with Crippen LogP contribution in [-0.4, -0.2) is 36.9 Å². The summed E-state index contributed by atoms with van der Waals surface area (Å²) in [5.74, 6) is -0.0788. The van der Waals surface area contributed by atoms with Crippen LogP contribution in [0.25, 0.3) is 0 Å². The predicted molar refractivity (Wildman–Crippen MR) is 62.8 cm³/mol. The van der Waals surface area contributed by atoms with Crippen LogP contribution in [0.3, 0.4) is 0 Å². The Morgan fingerprint density at radius 1 is 1.47 bits per heavy atom. The number of carbonyl (C=O) groups is 1. The van der Waals surface area contributed by atoms with Gasteiger partial charge in [-0.3, -0.25) is 4.79 Å². The Morgan fingerprint density at radius 3 is 2.71 bits per heavy atom. The van der Waals surface area contributed by atoms with Gasteiger partial charge in [0, 0.05) is 12.5 Å². The second-order valence-corrected chi connectivity index (χ2v) is 4.71. The van der Waals surface area contributed by atoms with E-state index in [1.165, 1.54) is 4.90 Å². The molecule has 17 heavy (non-hydrogen) atoms. The lowest BCUT2D eigenvalue weighted by Crippen LogP contribution is -2.41. The quantitative estimate of drug-likeness (QED) is 0.780. The molecular weight excluding hydrogens is 226 g/mol. The van der Waals surface area contributed by atoms with Gasteiger partial charge in [-0.25, -0.2) is 8.78 Å². The predicted octanol–water partition coefficient (Wildman–Crippen LogP) is 1.87. The molecule has 1 fully saturated rings. The zero-order valence-electron chi connectivity index (χ0n) is 10.4. The lowest BCUT2D eigenvalue weighted by molar-refractivity contribution is -0.138. The largest absolute Gasteiger partial charge is 0.337 e. The van der Waals surface area contributed by atoms with Gasteiger partial charge in [-0.15, -0.1) is 0 Å². The molecule has 1 aliphatic carbocycles. The Hall–Kier alpha value is -0.710. The number of nitrogens with zero attached hydrogens (tertiary/aromatic N) is 1. The van der Waals surface area contributed by atoms with Crippen LogP contribution in [0.2, 0.25) is 0 Å². The van der Waals surface area contributed by atoms with Gasteiger partial charge in [-0.05, 0) is 31.7 Å². The van der Waals surface area contributed by atoms with E-state index in [2.05, 4.69) is 0 Å². The molecule has 5 heteroatoms. The van der Waals surface area contributed by atoms with Crippen LogP contribution >= 0.6 is 0 Å². The van der Waals surface area contributed by atoms with Crippen LogP contribution < -0.4 is 5.73 Å². The third-order valence-corrected chi connectivity index (χ3v) is 3.44. The molecule has 2 N–H and O–H groups in total. The second-order valence-electron chi connectivity index (χ2n) is 4.71. The molecule has 100 valence electrons. The third-order valence-electron chi connectivity index (χ3n) is 3.44. The molecule has 0 aliphatic heterocycles. The van der Waals surface area contributed by atoms with Gasteiger partial charge >= 0.3 is 0 Å². The van der Waals surface area contributed by atoms with Gasteiger partial charge in [0.2, 0.25) is 5.91 Å². The van der Waals surface area contributed by atoms with Crippen molar-refractivity contribution in [3.8, 4) is 0 Å². The standard InChI is InChI=1S/C12H22F2N2O/c1-2-6-16(8-11(13)14)12(17)10-5-3-4-9(10)7-15/h9-11H,2-8,15H2,1H3/t9-,10-/m1/s1. The zero-order chi connectivity index (χ0) is 12.8. The lowest BCUT2D eigenvalue weighted by atomic mass is 9.94. The van der Waals surface area contributed by atoms with E-state index in [1.807, 2.05) is 6.92 Å². The molecule has 0 bridgehead atoms. The van der Waals surface area contributed by atoms with E-state index in [0.29, 0.717) is 19.5 Å². The fourth-order valence-corrected chi connectivity index (χ4v) is 2.61. The van der Waals surface area contributed by atoms with Gasteiger partial charge in [0.25, 0.3) is 6.43 Å². The van der Waals surface area contributed by atoms with Gasteiger partial charge in [0.1, 0.15) is 0 Å². The van der Waals surface area contributed by atoms with E-state index in [0.717, 1.165) is 19.3 Å². The third kappa shape index (κ3) is 3.91. The summed E-state index contributed by atoms with van der Waals surface area (Å²) < 4.78 is 24.8. The molecular formula is C12H22F2N2O. The summed E-state index contributed by atoms with van der Waals surface area (Å²) >= 11 is 0. The molecule has 2 atom stereocenters. The van der Waals surface area contributed by atoms with Crippen LogP contribution in [0.15, 0.2) is 0 Å². The summed E-state index contributed by atoms with van der Waals surface area (Å²) in [5.41, 5.74) is 5.62. The molecule has 0 heterocycles. The number of nitrogens with two attached hydrogens (primary N) is 1. The van der Waals surface area contributed by atoms with E-state index >= 15 is 0 Å². The second kappa shape index (κ2) is 6.89. The average molecular weight is 248 g/mol. The highest BCUT2D eigenvalue weighted by atomic mass is 19.3. The summed E-state index contributed by atoms with van der Waals surface area (Å²) in [7, 11) is 0. The minimum atomic E-state index is -2.46. The molecule has 0 saturated heterocycles. The normalized spacial score (nSPS) is 24.3. The smallest absolute Gasteiger partial charge is 0.255 e. The molecule has 1 saturated carbocycles. The number of hydrogen-bond acceptors (Lipinski definition) is 2. The maximum atomic E-state index is 12.4. The van der Waals surface area contributed by atoms with Gasteiger partial charge in [0.05, 0.1) is 6.54 Å². The summed E-state index contributed by atoms with van der Waals surface area (Å²) in [4.78, 5) is 13.5. The van der Waals surface area contributed by atoms with Crippen LogP contribution in [0.1, 0.15) is 32.6 Å². The maximum absolute atomic E-state index is 12.4. The monoisotopic (exact) mass is 248 g/mol. The van der Waals surface area contributed by atoms with Crippen LogP contribution in [0.5, 0.6) is 0 Å². The van der Waals surface area contributed by atoms with Crippen molar-refractivity contribution in [1.29, 1.82) is 0 Å². The number of carbonyl (C=O) groups excluding carboxylic acids is 1. The topological polar surface area (TPSA) is 46.3 Å². The van der Waals surface area contributed by atoms with Crippen molar-refractivity contribution >= 4 is 5.91 Å². The minimum absolute atomic E-state index is 0.125. The average Bonchev–Trinajstić information content (AvgIpc) is 2.74. The Bertz CT molecular complexity index is 249. The number of amides is 1. The van der Waals surface area contributed by atoms with Crippen molar-refractivity contribution in [3.63, 3.8) is 0 Å². The molecule has 3 nitrogen and oxygen atoms in total. The van der Waals surface area contributed by atoms with E-state index < -0.39 is 13.0 Å². The highest BCUT2D eigenvalue weighted by molar-refractivity contribution is 5.79. The van der Waals surface area contributed by atoms with E-state index in [9.17, 15) is 13.6 Å². The molecule has 1 rings (SSSR count). The van der Waals surface area contributed by atoms with Crippen LogP contribution in [0, 0.1) is 11.8 Å². The van der Waals surface area contributed by atoms with Crippen LogP contribution in [0.4, 0.5) is 8.78 Å². The molecule has 0 radical (unpaired) electrons. The Labute approximate surface area is 101 Å². The fraction of sp³-hybridized carbons (Fsp3) is 0.917. The first kappa shape index (κ1) is 14.4. The molecule has 1 aliphatic rings. The summed E-state index contributed by atoms with van der Waals surface area (Å²) in [6.45, 7) is 2.34. The molecule has 0 aromatic heterocycles. The molecule has 0 unspecified atom stereocenters. The Kier molecular flexibility index (Phi) is 5.82. The fourth-order valence-electron chi connectivity index (χ4n) is 2.61. The first-order valence-electron chi connectivity index (χ1n) is 6.37. The van der Waals surface area contributed by atoms with Crippen molar-refractivity contribution in [1.82, 2.24) is 4.90 Å². The summed E-state index contributed by atoms with van der Waals surface area (Å²) in [6, 6.07) is 0. The van der Waals surface area contributed by atoms with Crippen LogP contribution in [-0.2, 0) is 4.79 Å². The van der Waals surface area contributed by atoms with Crippen molar-refractivity contribution in [3.05, 3.63) is 0 Å². The van der Waals surface area contributed by atoms with E-state index in [1.54, 1.807) is 0 Å². The van der Waals surface area contributed by atoms with Gasteiger partial charge in [-0.2, -0.15) is 0 Å². The SMILES string of the molecule is CCCN(CC(F)F)C(=O)[C@@H]1CCC[C@@H]1CN. The Balaban J connectivity index is 2.62. The number of halogens is 2. The Morgan fingerprint density at radius 2 is 2.18 bits per heavy atom. The van der Waals surface area contributed by atoms with E-state index in [4.69, 9.17) is 5.73 Å². The molecule has 0 aromatic rings. The summed E-state index contributed by atoms with van der Waals surface area (Å²) in [5, 5.41) is 0. The van der Waals surface area contributed by atoms with Crippen molar-refractivity contribution < 1.29 is 13.6 Å². The highest BCUT2D eigenvalue weighted by Crippen LogP contribution is 2.32. The highest BCUT2D eigenvalue weighted by Gasteiger charge is 2.35. The molecule has 0 aromatic carbocycles. The van der Waals surface area contributed by atoms with Gasteiger partial charge in [-0.1, -0.05) is 13.3 Å². The van der Waals surface area contributed by atoms with Gasteiger partial charge < -0.3 is 10.6 Å². The summed E-state index contributed by atoms with van der Waals surface area (Å²) in [6.07, 6.45) is 0.972. The van der Waals surface area contributed by atoms with E-state index in [-0.39, 0.29) is 17.7 Å². The molecule has 1 amide bonds. The number of hydrogen-bond donors (Lipinski definition) is 1. The van der Waals surface area contributed by atoms with Crippen molar-refractivity contribution in [2.75, 3.05) is 19.6 Å². The zero-order valence-corrected chi connectivity index (χ0v) is 10.4. The molecule has 0 spiro atoms. The number of rotatable bonds is 6. The first-order chi connectivity index (χ1) is 8.10. The van der Waals surface area contributed by atoms with Crippen molar-refractivity contribution in [2.24, 2.45) is 17.6 Å². The number of alkyl halides is 2. The van der Waals surface area contributed by atoms with Crippen molar-refractivity contribution in [2.45, 2.75) is 39.0 Å². The maximum Gasteiger partial charge on any atom is 0.255 e. The van der Waals surface area contributed by atoms with Gasteiger partial charge in [0.15, 0.2) is 0 Å².